The van der Waals surface area contributed by atoms with Crippen molar-refractivity contribution < 1.29 is 111 Å². The molecule has 358 valence electrons. The van der Waals surface area contributed by atoms with E-state index in [0.717, 1.165) is 12.7 Å². The van der Waals surface area contributed by atoms with E-state index < -0.39 is 36.5 Å². The summed E-state index contributed by atoms with van der Waals surface area (Å²) in [5.41, 5.74) is -0.671. The lowest BCUT2D eigenvalue weighted by atomic mass is 10.1. The van der Waals surface area contributed by atoms with Crippen LogP contribution in [-0.2, 0) is 76.4 Å². The third-order valence-corrected chi connectivity index (χ3v) is 5.61. The van der Waals surface area contributed by atoms with Gasteiger partial charge in [0.05, 0.1) is 26.1 Å². The summed E-state index contributed by atoms with van der Waals surface area (Å²) in [7, 11) is 3.33. The average molecular weight is 919 g/mol. The maximum atomic E-state index is 11.9. The van der Waals surface area contributed by atoms with Crippen LogP contribution in [0.1, 0.15) is 87.5 Å². The zero-order valence-corrected chi connectivity index (χ0v) is 35.9. The molecule has 0 atom stereocenters. The van der Waals surface area contributed by atoms with E-state index >= 15 is 0 Å². The van der Waals surface area contributed by atoms with Gasteiger partial charge < -0.3 is 28.4 Å². The maximum absolute atomic E-state index is 11.9. The topological polar surface area (TPSA) is 226 Å². The van der Waals surface area contributed by atoms with Crippen LogP contribution in [0.15, 0.2) is 47.5 Å². The highest BCUT2D eigenvalue weighted by Gasteiger charge is 2.40. The summed E-state index contributed by atoms with van der Waals surface area (Å²) < 4.78 is 122. The lowest BCUT2D eigenvalue weighted by molar-refractivity contribution is -0.193. The Bertz CT molecular complexity index is 1380. The van der Waals surface area contributed by atoms with Gasteiger partial charge in [-0.1, -0.05) is 41.2 Å². The Morgan fingerprint density at radius 1 is 0.726 bits per heavy atom. The normalized spacial score (nSPS) is 11.6. The van der Waals surface area contributed by atoms with Crippen molar-refractivity contribution in [2.75, 3.05) is 34.0 Å². The molecule has 1 fully saturated rings. The van der Waals surface area contributed by atoms with Crippen molar-refractivity contribution in [3.63, 3.8) is 0 Å². The van der Waals surface area contributed by atoms with Gasteiger partial charge in [-0.3, -0.25) is 9.59 Å². The number of ether oxygens (including phenoxy) is 6. The van der Waals surface area contributed by atoms with E-state index in [-0.39, 0.29) is 92.6 Å². The predicted octanol–water partition coefficient (Wildman–Crippen LogP) is 7.40. The first-order chi connectivity index (χ1) is 28.7. The SMILES string of the molecule is C=C1CC(=O)O1.CCO/C=C(\CC)C(=O)C(F)(F)F.CCOC(=O)/C(=C\C(F)(F)F)CC.CCOC(=O)/C(=C\C(F)F)CC.COC(CC(C)C)OC.O=C=O.O=C=O.O=C=O. The molecule has 62 heavy (non-hydrogen) atoms. The van der Waals surface area contributed by atoms with Crippen LogP contribution in [0.4, 0.5) is 35.1 Å². The summed E-state index contributed by atoms with van der Waals surface area (Å²) in [4.78, 5) is 91.0. The molecule has 0 amide bonds. The third-order valence-electron chi connectivity index (χ3n) is 5.61. The molecule has 1 saturated heterocycles. The summed E-state index contributed by atoms with van der Waals surface area (Å²) >= 11 is 0. The third kappa shape index (κ3) is 54.3. The molecular formula is C38H54F8O16. The van der Waals surface area contributed by atoms with Crippen LogP contribution in [0.25, 0.3) is 0 Å². The van der Waals surface area contributed by atoms with E-state index in [9.17, 15) is 54.3 Å². The Hall–Kier alpha value is -5.66. The number of Topliss-reactive ketones (excluding diaryl/α,β-unsaturated/α-hetero) is 1. The summed E-state index contributed by atoms with van der Waals surface area (Å²) in [6.07, 6.45) is -7.99. The van der Waals surface area contributed by atoms with Gasteiger partial charge in [-0.25, -0.2) is 18.4 Å². The number of halogens is 8. The van der Waals surface area contributed by atoms with E-state index in [1.54, 1.807) is 41.9 Å². The number of cyclic esters (lactones) is 1. The highest BCUT2D eigenvalue weighted by Crippen LogP contribution is 2.22. The largest absolute Gasteiger partial charge is 0.501 e. The molecule has 0 radical (unpaired) electrons. The number of alkyl halides is 8. The molecule has 0 aromatic heterocycles. The molecule has 1 rings (SSSR count). The number of rotatable bonds is 15. The Labute approximate surface area is 353 Å². The number of hydrogen-bond acceptors (Lipinski definition) is 16. The zero-order valence-electron chi connectivity index (χ0n) is 35.9. The van der Waals surface area contributed by atoms with Crippen molar-refractivity contribution in [2.45, 2.75) is 113 Å². The van der Waals surface area contributed by atoms with Crippen LogP contribution in [-0.4, -0.2) is 101 Å². The number of hydrogen-bond donors (Lipinski definition) is 0. The Morgan fingerprint density at radius 2 is 1.10 bits per heavy atom. The predicted molar refractivity (Wildman–Crippen MR) is 195 cm³/mol. The van der Waals surface area contributed by atoms with E-state index in [2.05, 4.69) is 39.4 Å². The standard InChI is InChI=1S/2C8H11F3O2.C8H12F2O2.C7H16O2.C4H4O2.3CO2/c1-3-6(5-13-4-2)7(12)8(9,10)11;1-3-6(5-8(9,10)11)7(12)13-4-2;1-3-6(5-7(9)10)8(11)12-4-2;1-6(2)5-7(8-3)9-4;1-3-2-4(5)6-3;3*2-1-3/h2*5H,3-4H2,1-2H3;5,7H,3-4H2,1-2H3;6-7H,5H2,1-4H3;1-2H2;;;/b6-5+;2*6-5-;;;;;. The molecule has 0 saturated carbocycles. The lowest BCUT2D eigenvalue weighted by Crippen LogP contribution is -2.24. The van der Waals surface area contributed by atoms with Gasteiger partial charge in [0.25, 0.3) is 12.2 Å². The van der Waals surface area contributed by atoms with E-state index in [1.807, 2.05) is 0 Å². The fourth-order valence-corrected chi connectivity index (χ4v) is 3.08. The summed E-state index contributed by atoms with van der Waals surface area (Å²) in [5.74, 6) is -2.33. The number of methoxy groups -OCH3 is 2. The number of esters is 3. The van der Waals surface area contributed by atoms with Gasteiger partial charge in [0.15, 0.2) is 6.29 Å². The fourth-order valence-electron chi connectivity index (χ4n) is 3.08. The van der Waals surface area contributed by atoms with E-state index in [0.29, 0.717) is 24.2 Å². The van der Waals surface area contributed by atoms with Crippen molar-refractivity contribution >= 4 is 42.1 Å². The van der Waals surface area contributed by atoms with Crippen LogP contribution >= 0.6 is 0 Å². The Balaban J connectivity index is -0.000000118. The smallest absolute Gasteiger partial charge is 0.454 e. The van der Waals surface area contributed by atoms with Crippen LogP contribution in [0.2, 0.25) is 0 Å². The maximum Gasteiger partial charge on any atom is 0.454 e. The van der Waals surface area contributed by atoms with Crippen molar-refractivity contribution in [2.24, 2.45) is 5.92 Å². The molecule has 0 spiro atoms. The monoisotopic (exact) mass is 918 g/mol. The zero-order chi connectivity index (χ0) is 50.5. The van der Waals surface area contributed by atoms with Crippen molar-refractivity contribution in [1.29, 1.82) is 0 Å². The minimum absolute atomic E-state index is 0.0122. The molecule has 0 aromatic carbocycles. The molecule has 0 aromatic rings. The first-order valence-corrected chi connectivity index (χ1v) is 17.6. The Morgan fingerprint density at radius 3 is 1.29 bits per heavy atom. The second-order valence-electron chi connectivity index (χ2n) is 10.6. The summed E-state index contributed by atoms with van der Waals surface area (Å²) in [5, 5.41) is 0. The number of carbonyl (C=O) groups is 4. The van der Waals surface area contributed by atoms with Gasteiger partial charge in [-0.05, 0) is 52.0 Å². The Kier molecular flexibility index (Phi) is 53.1. The summed E-state index contributed by atoms with van der Waals surface area (Å²) in [6, 6.07) is 0. The van der Waals surface area contributed by atoms with Gasteiger partial charge in [0.2, 0.25) is 0 Å². The molecule has 24 heteroatoms. The average Bonchev–Trinajstić information content (AvgIpc) is 3.16. The van der Waals surface area contributed by atoms with Gasteiger partial charge >= 0.3 is 48.7 Å². The molecular weight excluding hydrogens is 864 g/mol. The van der Waals surface area contributed by atoms with Crippen LogP contribution in [0.3, 0.4) is 0 Å². The molecule has 0 aliphatic carbocycles. The number of carbonyl (C=O) groups excluding carboxylic acids is 10. The molecule has 1 aliphatic heterocycles. The molecule has 1 heterocycles. The second-order valence-corrected chi connectivity index (χ2v) is 10.6. The van der Waals surface area contributed by atoms with Crippen molar-refractivity contribution in [3.05, 3.63) is 47.5 Å². The van der Waals surface area contributed by atoms with Crippen LogP contribution in [0, 0.1) is 5.92 Å². The van der Waals surface area contributed by atoms with Crippen LogP contribution < -0.4 is 0 Å². The number of ketones is 1. The van der Waals surface area contributed by atoms with Gasteiger partial charge in [0, 0.05) is 43.4 Å². The highest BCUT2D eigenvalue weighted by molar-refractivity contribution is 5.99. The quantitative estimate of drug-likeness (QED) is 0.0389. The van der Waals surface area contributed by atoms with Crippen LogP contribution in [0.5, 0.6) is 0 Å². The molecule has 0 unspecified atom stereocenters. The first kappa shape index (κ1) is 70.9. The molecule has 16 nitrogen and oxygen atoms in total. The molecule has 1 aliphatic rings. The lowest BCUT2D eigenvalue weighted by Gasteiger charge is -2.14. The van der Waals surface area contributed by atoms with E-state index in [1.165, 1.54) is 13.8 Å². The van der Waals surface area contributed by atoms with Crippen molar-refractivity contribution in [3.8, 4) is 0 Å². The minimum atomic E-state index is -4.81. The van der Waals surface area contributed by atoms with E-state index in [4.69, 9.17) is 38.2 Å². The molecule has 0 bridgehead atoms. The van der Waals surface area contributed by atoms with Gasteiger partial charge in [0.1, 0.15) is 12.2 Å². The first-order valence-electron chi connectivity index (χ1n) is 17.6. The molecule has 0 N–H and O–H groups in total. The minimum Gasteiger partial charge on any atom is -0.501 e. The van der Waals surface area contributed by atoms with Crippen molar-refractivity contribution in [1.82, 2.24) is 0 Å². The van der Waals surface area contributed by atoms with Gasteiger partial charge in [-0.15, -0.1) is 0 Å². The number of allylic oxidation sites excluding steroid dienone is 3. The second kappa shape index (κ2) is 46.4. The summed E-state index contributed by atoms with van der Waals surface area (Å²) in [6.45, 7) is 17.5. The highest BCUT2D eigenvalue weighted by atomic mass is 19.4. The fraction of sp³-hybridized carbons (Fsp3) is 0.605. The van der Waals surface area contributed by atoms with Gasteiger partial charge in [-0.2, -0.15) is 55.1 Å².